The van der Waals surface area contributed by atoms with Crippen molar-refractivity contribution >= 4 is 5.69 Å². The SMILES string of the molecule is CC(C)NCc1cc([N+](=O)[O-])ccc1OC(F)F. The Labute approximate surface area is 103 Å². The van der Waals surface area contributed by atoms with Crippen molar-refractivity contribution in [1.82, 2.24) is 5.32 Å². The molecule has 0 atom stereocenters. The van der Waals surface area contributed by atoms with Crippen LogP contribution in [0.15, 0.2) is 18.2 Å². The number of nitrogens with one attached hydrogen (secondary N) is 1. The van der Waals surface area contributed by atoms with E-state index in [1.807, 2.05) is 13.8 Å². The third-order valence-corrected chi connectivity index (χ3v) is 2.17. The summed E-state index contributed by atoms with van der Waals surface area (Å²) in [5.74, 6) is -0.0521. The molecule has 0 unspecified atom stereocenters. The van der Waals surface area contributed by atoms with Crippen molar-refractivity contribution in [3.8, 4) is 5.75 Å². The Morgan fingerprint density at radius 2 is 2.11 bits per heavy atom. The zero-order valence-corrected chi connectivity index (χ0v) is 10.0. The topological polar surface area (TPSA) is 64.4 Å². The summed E-state index contributed by atoms with van der Waals surface area (Å²) in [6, 6.07) is 3.68. The summed E-state index contributed by atoms with van der Waals surface area (Å²) in [7, 11) is 0. The van der Waals surface area contributed by atoms with Gasteiger partial charge in [-0.2, -0.15) is 8.78 Å². The van der Waals surface area contributed by atoms with Gasteiger partial charge in [0.25, 0.3) is 5.69 Å². The number of nitrogens with zero attached hydrogens (tertiary/aromatic N) is 1. The molecule has 0 fully saturated rings. The number of benzene rings is 1. The van der Waals surface area contributed by atoms with E-state index in [4.69, 9.17) is 0 Å². The van der Waals surface area contributed by atoms with E-state index in [1.165, 1.54) is 12.1 Å². The summed E-state index contributed by atoms with van der Waals surface area (Å²) >= 11 is 0. The van der Waals surface area contributed by atoms with Crippen LogP contribution in [0.3, 0.4) is 0 Å². The fraction of sp³-hybridized carbons (Fsp3) is 0.455. The number of nitro benzene ring substituents is 1. The van der Waals surface area contributed by atoms with Crippen LogP contribution in [-0.4, -0.2) is 17.6 Å². The minimum atomic E-state index is -2.95. The molecule has 1 N–H and O–H groups in total. The molecule has 1 rings (SSSR count). The molecule has 1 aromatic rings. The smallest absolute Gasteiger partial charge is 0.387 e. The van der Waals surface area contributed by atoms with Crippen molar-refractivity contribution in [3.63, 3.8) is 0 Å². The lowest BCUT2D eigenvalue weighted by Gasteiger charge is -2.13. The van der Waals surface area contributed by atoms with Crippen LogP contribution in [-0.2, 0) is 6.54 Å². The third-order valence-electron chi connectivity index (χ3n) is 2.17. The molecule has 0 saturated heterocycles. The zero-order valence-electron chi connectivity index (χ0n) is 10.0. The van der Waals surface area contributed by atoms with Crippen LogP contribution in [0, 0.1) is 10.1 Å². The van der Waals surface area contributed by atoms with Gasteiger partial charge >= 0.3 is 6.61 Å². The second-order valence-electron chi connectivity index (χ2n) is 3.96. The van der Waals surface area contributed by atoms with Crippen molar-refractivity contribution in [1.29, 1.82) is 0 Å². The summed E-state index contributed by atoms with van der Waals surface area (Å²) in [5, 5.41) is 13.6. The lowest BCUT2D eigenvalue weighted by Crippen LogP contribution is -2.22. The number of ether oxygens (including phenoxy) is 1. The standard InChI is InChI=1S/C11H14F2N2O3/c1-7(2)14-6-8-5-9(15(16)17)3-4-10(8)18-11(12)13/h3-5,7,11,14H,6H2,1-2H3. The number of halogens is 2. The largest absolute Gasteiger partial charge is 0.434 e. The molecule has 1 aromatic carbocycles. The van der Waals surface area contributed by atoms with Gasteiger partial charge < -0.3 is 10.1 Å². The van der Waals surface area contributed by atoms with E-state index < -0.39 is 11.5 Å². The van der Waals surface area contributed by atoms with E-state index >= 15 is 0 Å². The molecule has 0 saturated carbocycles. The maximum atomic E-state index is 12.2. The first kappa shape index (κ1) is 14.3. The Kier molecular flexibility index (Phi) is 4.96. The van der Waals surface area contributed by atoms with Crippen molar-refractivity contribution in [2.45, 2.75) is 33.0 Å². The van der Waals surface area contributed by atoms with Gasteiger partial charge in [0.1, 0.15) is 5.75 Å². The average molecular weight is 260 g/mol. The number of hydrogen-bond acceptors (Lipinski definition) is 4. The van der Waals surface area contributed by atoms with Crippen LogP contribution in [0.4, 0.5) is 14.5 Å². The number of non-ortho nitro benzene ring substituents is 1. The van der Waals surface area contributed by atoms with Crippen LogP contribution in [0.1, 0.15) is 19.4 Å². The van der Waals surface area contributed by atoms with Crippen molar-refractivity contribution in [2.24, 2.45) is 0 Å². The van der Waals surface area contributed by atoms with Gasteiger partial charge in [-0.25, -0.2) is 0 Å². The highest BCUT2D eigenvalue weighted by atomic mass is 19.3. The van der Waals surface area contributed by atoms with Crippen LogP contribution in [0.2, 0.25) is 0 Å². The minimum absolute atomic E-state index is 0.0521. The highest BCUT2D eigenvalue weighted by molar-refractivity contribution is 5.43. The minimum Gasteiger partial charge on any atom is -0.434 e. The number of hydrogen-bond donors (Lipinski definition) is 1. The van der Waals surface area contributed by atoms with Crippen molar-refractivity contribution < 1.29 is 18.4 Å². The predicted octanol–water partition coefficient (Wildman–Crippen LogP) is 2.69. The van der Waals surface area contributed by atoms with Gasteiger partial charge in [-0.05, 0) is 6.07 Å². The molecule has 0 spiro atoms. The van der Waals surface area contributed by atoms with Crippen LogP contribution in [0.25, 0.3) is 0 Å². The second kappa shape index (κ2) is 6.25. The van der Waals surface area contributed by atoms with Gasteiger partial charge in [0.15, 0.2) is 0 Å². The third kappa shape index (κ3) is 4.25. The normalized spacial score (nSPS) is 11.0. The molecule has 0 aliphatic heterocycles. The van der Waals surface area contributed by atoms with Crippen LogP contribution in [0.5, 0.6) is 5.75 Å². The maximum Gasteiger partial charge on any atom is 0.387 e. The molecule has 0 aliphatic carbocycles. The van der Waals surface area contributed by atoms with Crippen molar-refractivity contribution in [3.05, 3.63) is 33.9 Å². The van der Waals surface area contributed by atoms with E-state index in [-0.39, 0.29) is 24.0 Å². The maximum absolute atomic E-state index is 12.2. The summed E-state index contributed by atoms with van der Waals surface area (Å²) < 4.78 is 28.7. The Morgan fingerprint density at radius 3 is 2.61 bits per heavy atom. The zero-order chi connectivity index (χ0) is 13.7. The molecule has 100 valence electrons. The molecule has 18 heavy (non-hydrogen) atoms. The molecule has 7 heteroatoms. The van der Waals surface area contributed by atoms with Crippen LogP contribution >= 0.6 is 0 Å². The highest BCUT2D eigenvalue weighted by Gasteiger charge is 2.14. The second-order valence-corrected chi connectivity index (χ2v) is 3.96. The van der Waals surface area contributed by atoms with E-state index in [2.05, 4.69) is 10.1 Å². The molecule has 0 amide bonds. The fourth-order valence-electron chi connectivity index (χ4n) is 1.34. The van der Waals surface area contributed by atoms with Gasteiger partial charge in [0.05, 0.1) is 4.92 Å². The molecule has 0 aromatic heterocycles. The van der Waals surface area contributed by atoms with E-state index in [0.717, 1.165) is 6.07 Å². The Morgan fingerprint density at radius 1 is 1.44 bits per heavy atom. The van der Waals surface area contributed by atoms with E-state index in [0.29, 0.717) is 5.56 Å². The van der Waals surface area contributed by atoms with Gasteiger partial charge in [-0.3, -0.25) is 10.1 Å². The summed E-state index contributed by atoms with van der Waals surface area (Å²) in [6.07, 6.45) is 0. The first-order chi connectivity index (χ1) is 8.40. The van der Waals surface area contributed by atoms with Gasteiger partial charge in [-0.15, -0.1) is 0 Å². The van der Waals surface area contributed by atoms with E-state index in [9.17, 15) is 18.9 Å². The molecule has 5 nitrogen and oxygen atoms in total. The highest BCUT2D eigenvalue weighted by Crippen LogP contribution is 2.25. The summed E-state index contributed by atoms with van der Waals surface area (Å²) in [6.45, 7) is 1.03. The molecular weight excluding hydrogens is 246 g/mol. The first-order valence-electron chi connectivity index (χ1n) is 5.35. The Bertz CT molecular complexity index is 425. The van der Waals surface area contributed by atoms with Gasteiger partial charge in [0.2, 0.25) is 0 Å². The summed E-state index contributed by atoms with van der Waals surface area (Å²) in [4.78, 5) is 10.0. The average Bonchev–Trinajstić information content (AvgIpc) is 2.26. The Hall–Kier alpha value is -1.76. The summed E-state index contributed by atoms with van der Waals surface area (Å²) in [5.41, 5.74) is 0.176. The fourth-order valence-corrected chi connectivity index (χ4v) is 1.34. The van der Waals surface area contributed by atoms with Crippen molar-refractivity contribution in [2.75, 3.05) is 0 Å². The van der Waals surface area contributed by atoms with Crippen LogP contribution < -0.4 is 10.1 Å². The molecule has 0 radical (unpaired) electrons. The number of nitro groups is 1. The number of alkyl halides is 2. The lowest BCUT2D eigenvalue weighted by atomic mass is 10.1. The van der Waals surface area contributed by atoms with Gasteiger partial charge in [0, 0.05) is 30.3 Å². The van der Waals surface area contributed by atoms with E-state index in [1.54, 1.807) is 0 Å². The predicted molar refractivity (Wildman–Crippen MR) is 61.7 cm³/mol. The monoisotopic (exact) mass is 260 g/mol. The molecule has 0 aliphatic rings. The quantitative estimate of drug-likeness (QED) is 0.631. The lowest BCUT2D eigenvalue weighted by molar-refractivity contribution is -0.385. The Balaban J connectivity index is 2.97. The van der Waals surface area contributed by atoms with Gasteiger partial charge in [-0.1, -0.05) is 13.8 Å². The number of rotatable bonds is 6. The first-order valence-corrected chi connectivity index (χ1v) is 5.35. The molecular formula is C11H14F2N2O3. The molecule has 0 heterocycles. The molecule has 0 bridgehead atoms.